The third kappa shape index (κ3) is 3.04. The lowest BCUT2D eigenvalue weighted by Crippen LogP contribution is -2.35. The number of carboxylic acid groups (broad SMARTS) is 1. The van der Waals surface area contributed by atoms with E-state index in [4.69, 9.17) is 4.52 Å². The summed E-state index contributed by atoms with van der Waals surface area (Å²) in [7, 11) is 1.85. The maximum Gasteiger partial charge on any atom is 0.314 e. The van der Waals surface area contributed by atoms with E-state index in [-0.39, 0.29) is 6.42 Å². The number of aromatic nitrogens is 2. The van der Waals surface area contributed by atoms with Crippen LogP contribution in [0, 0.1) is 0 Å². The highest BCUT2D eigenvalue weighted by atomic mass is 16.5. The van der Waals surface area contributed by atoms with E-state index in [0.717, 1.165) is 6.54 Å². The normalized spacial score (nSPS) is 13.7. The van der Waals surface area contributed by atoms with Gasteiger partial charge in [-0.1, -0.05) is 30.3 Å². The molecule has 2 aromatic rings. The number of nitrogens with zero attached hydrogens (tertiary/aromatic N) is 3. The molecule has 0 fully saturated rings. The predicted octanol–water partition coefficient (Wildman–Crippen LogP) is 2.11. The van der Waals surface area contributed by atoms with E-state index in [9.17, 15) is 9.90 Å². The summed E-state index contributed by atoms with van der Waals surface area (Å²) in [5.74, 6) is -0.135. The molecule has 0 saturated carbocycles. The molecule has 0 spiro atoms. The highest BCUT2D eigenvalue weighted by Crippen LogP contribution is 2.28. The Kier molecular flexibility index (Phi) is 4.26. The molecule has 0 aliphatic carbocycles. The fourth-order valence-electron chi connectivity index (χ4n) is 2.02. The van der Waals surface area contributed by atoms with Crippen molar-refractivity contribution < 1.29 is 14.4 Å². The van der Waals surface area contributed by atoms with Crippen molar-refractivity contribution in [2.75, 3.05) is 18.5 Å². The fourth-order valence-corrected chi connectivity index (χ4v) is 2.02. The van der Waals surface area contributed by atoms with Gasteiger partial charge in [-0.2, -0.15) is 4.98 Å². The van der Waals surface area contributed by atoms with Crippen molar-refractivity contribution >= 4 is 11.9 Å². The molecule has 1 heterocycles. The quantitative estimate of drug-likeness (QED) is 0.877. The Hall–Kier alpha value is -2.37. The van der Waals surface area contributed by atoms with E-state index in [1.807, 2.05) is 37.1 Å². The van der Waals surface area contributed by atoms with Crippen LogP contribution in [0.1, 0.15) is 25.3 Å². The molecular formula is C15H19N3O3. The number of benzene rings is 1. The predicted molar refractivity (Wildman–Crippen MR) is 78.4 cm³/mol. The van der Waals surface area contributed by atoms with Crippen LogP contribution >= 0.6 is 0 Å². The summed E-state index contributed by atoms with van der Waals surface area (Å²) in [4.78, 5) is 17.8. The number of carbonyl (C=O) groups is 1. The van der Waals surface area contributed by atoms with Gasteiger partial charge in [0.25, 0.3) is 5.95 Å². The first kappa shape index (κ1) is 15.0. The monoisotopic (exact) mass is 289 g/mol. The smallest absolute Gasteiger partial charge is 0.314 e. The molecule has 6 nitrogen and oxygen atoms in total. The van der Waals surface area contributed by atoms with E-state index in [2.05, 4.69) is 10.1 Å². The lowest BCUT2D eigenvalue weighted by Gasteiger charge is -2.23. The first-order chi connectivity index (χ1) is 9.97. The van der Waals surface area contributed by atoms with Gasteiger partial charge in [0.05, 0.1) is 5.41 Å². The number of hydrogen-bond acceptors (Lipinski definition) is 5. The van der Waals surface area contributed by atoms with Crippen LogP contribution in [0.2, 0.25) is 0 Å². The summed E-state index contributed by atoms with van der Waals surface area (Å²) in [5, 5.41) is 13.5. The summed E-state index contributed by atoms with van der Waals surface area (Å²) in [6.07, 6.45) is 0.150. The van der Waals surface area contributed by atoms with Gasteiger partial charge in [0.15, 0.2) is 0 Å². The van der Waals surface area contributed by atoms with Gasteiger partial charge in [0, 0.05) is 20.0 Å². The average molecular weight is 289 g/mol. The molecule has 1 atom stereocenters. The van der Waals surface area contributed by atoms with Gasteiger partial charge < -0.3 is 14.5 Å². The van der Waals surface area contributed by atoms with Gasteiger partial charge in [-0.15, -0.1) is 0 Å². The maximum atomic E-state index is 11.7. The Morgan fingerprint density at radius 2 is 2.05 bits per heavy atom. The third-order valence-corrected chi connectivity index (χ3v) is 3.66. The Balaban J connectivity index is 2.29. The number of anilines is 1. The molecule has 1 aromatic carbocycles. The summed E-state index contributed by atoms with van der Waals surface area (Å²) in [5.41, 5.74) is -0.392. The Morgan fingerprint density at radius 1 is 1.38 bits per heavy atom. The number of hydrogen-bond donors (Lipinski definition) is 1. The third-order valence-electron chi connectivity index (χ3n) is 3.66. The van der Waals surface area contributed by atoms with Gasteiger partial charge in [-0.05, 0) is 24.6 Å². The minimum Gasteiger partial charge on any atom is -0.481 e. The molecule has 0 radical (unpaired) electrons. The average Bonchev–Trinajstić information content (AvgIpc) is 2.95. The van der Waals surface area contributed by atoms with Crippen molar-refractivity contribution in [3.8, 4) is 0 Å². The Morgan fingerprint density at radius 3 is 2.62 bits per heavy atom. The molecule has 1 N–H and O–H groups in total. The molecule has 0 saturated heterocycles. The zero-order valence-electron chi connectivity index (χ0n) is 12.4. The van der Waals surface area contributed by atoms with E-state index in [0.29, 0.717) is 17.4 Å². The Labute approximate surface area is 123 Å². The molecule has 1 aromatic heterocycles. The lowest BCUT2D eigenvalue weighted by atomic mass is 9.79. The summed E-state index contributed by atoms with van der Waals surface area (Å²) in [6.45, 7) is 4.38. The molecule has 0 amide bonds. The molecule has 6 heteroatoms. The highest BCUT2D eigenvalue weighted by molar-refractivity contribution is 5.81. The number of aliphatic carboxylic acids is 1. The topological polar surface area (TPSA) is 79.5 Å². The molecule has 21 heavy (non-hydrogen) atoms. The van der Waals surface area contributed by atoms with Crippen molar-refractivity contribution in [2.45, 2.75) is 25.7 Å². The second-order valence-corrected chi connectivity index (χ2v) is 5.18. The molecule has 2 rings (SSSR count). The number of carboxylic acids is 1. The van der Waals surface area contributed by atoms with Crippen LogP contribution in [0.5, 0.6) is 0 Å². The van der Waals surface area contributed by atoms with Crippen LogP contribution in [-0.4, -0.2) is 34.8 Å². The van der Waals surface area contributed by atoms with Crippen molar-refractivity contribution in [2.24, 2.45) is 0 Å². The summed E-state index contributed by atoms with van der Waals surface area (Å²) in [6, 6.07) is 9.08. The summed E-state index contributed by atoms with van der Waals surface area (Å²) < 4.78 is 5.19. The van der Waals surface area contributed by atoms with Crippen LogP contribution in [0.15, 0.2) is 34.9 Å². The van der Waals surface area contributed by atoms with Crippen LogP contribution in [0.3, 0.4) is 0 Å². The second-order valence-electron chi connectivity index (χ2n) is 5.18. The van der Waals surface area contributed by atoms with Crippen molar-refractivity contribution in [1.82, 2.24) is 10.1 Å². The maximum absolute atomic E-state index is 11.7. The first-order valence-electron chi connectivity index (χ1n) is 6.80. The zero-order chi connectivity index (χ0) is 15.5. The summed E-state index contributed by atoms with van der Waals surface area (Å²) >= 11 is 0. The van der Waals surface area contributed by atoms with E-state index >= 15 is 0 Å². The minimum absolute atomic E-state index is 0.150. The van der Waals surface area contributed by atoms with Crippen molar-refractivity contribution in [3.63, 3.8) is 0 Å². The molecule has 0 bridgehead atoms. The molecule has 1 unspecified atom stereocenters. The molecule has 0 aliphatic heterocycles. The molecular weight excluding hydrogens is 270 g/mol. The fraction of sp³-hybridized carbons (Fsp3) is 0.400. The van der Waals surface area contributed by atoms with E-state index in [1.54, 1.807) is 19.1 Å². The van der Waals surface area contributed by atoms with Crippen LogP contribution < -0.4 is 4.90 Å². The second kappa shape index (κ2) is 5.95. The van der Waals surface area contributed by atoms with Crippen molar-refractivity contribution in [3.05, 3.63) is 41.8 Å². The van der Waals surface area contributed by atoms with Gasteiger partial charge in [0.1, 0.15) is 0 Å². The van der Waals surface area contributed by atoms with Gasteiger partial charge in [-0.25, -0.2) is 0 Å². The van der Waals surface area contributed by atoms with Crippen LogP contribution in [0.4, 0.5) is 5.95 Å². The first-order valence-corrected chi connectivity index (χ1v) is 6.80. The van der Waals surface area contributed by atoms with Crippen LogP contribution in [-0.2, 0) is 16.6 Å². The van der Waals surface area contributed by atoms with Gasteiger partial charge in [-0.3, -0.25) is 4.79 Å². The van der Waals surface area contributed by atoms with Crippen molar-refractivity contribution in [1.29, 1.82) is 0 Å². The van der Waals surface area contributed by atoms with Crippen LogP contribution in [0.25, 0.3) is 0 Å². The zero-order valence-corrected chi connectivity index (χ0v) is 12.4. The Bertz CT molecular complexity index is 612. The lowest BCUT2D eigenvalue weighted by molar-refractivity contribution is -0.143. The van der Waals surface area contributed by atoms with Gasteiger partial charge in [0.2, 0.25) is 5.89 Å². The molecule has 112 valence electrons. The van der Waals surface area contributed by atoms with Gasteiger partial charge >= 0.3 is 5.97 Å². The standard InChI is InChI=1S/C15H19N3O3/c1-4-18(3)14-16-12(21-17-14)10-15(2,13(19)20)11-8-6-5-7-9-11/h5-9H,4,10H2,1-3H3,(H,19,20). The van der Waals surface area contributed by atoms with E-state index in [1.165, 1.54) is 0 Å². The largest absolute Gasteiger partial charge is 0.481 e. The molecule has 0 aliphatic rings. The SMILES string of the molecule is CCN(C)c1noc(CC(C)(C(=O)O)c2ccccc2)n1. The number of rotatable bonds is 6. The van der Waals surface area contributed by atoms with E-state index < -0.39 is 11.4 Å². The highest BCUT2D eigenvalue weighted by Gasteiger charge is 2.37. The minimum atomic E-state index is -1.10.